The summed E-state index contributed by atoms with van der Waals surface area (Å²) in [5.74, 6) is -1.76. The molecule has 1 aliphatic rings. The minimum Gasteiger partial charge on any atom is -0.485 e. The number of nitrogens with one attached hydrogen (secondary N) is 4. The van der Waals surface area contributed by atoms with Crippen LogP contribution < -0.4 is 30.7 Å². The molecule has 2 atom stereocenters. The number of aromatic nitrogens is 2. The molecule has 1 aliphatic heterocycles. The van der Waals surface area contributed by atoms with Crippen molar-refractivity contribution in [3.63, 3.8) is 0 Å². The van der Waals surface area contributed by atoms with Crippen molar-refractivity contribution in [2.75, 3.05) is 17.2 Å². The van der Waals surface area contributed by atoms with Crippen molar-refractivity contribution in [1.82, 2.24) is 20.6 Å². The fourth-order valence-electron chi connectivity index (χ4n) is 5.42. The minimum absolute atomic E-state index is 0.0194. The number of hydrogen-bond donors (Lipinski definition) is 4. The predicted octanol–water partition coefficient (Wildman–Crippen LogP) is 6.78. The molecule has 61 heavy (non-hydrogen) atoms. The van der Waals surface area contributed by atoms with Gasteiger partial charge in [-0.05, 0) is 66.5 Å². The maximum absolute atomic E-state index is 13.9. The summed E-state index contributed by atoms with van der Waals surface area (Å²) in [5.41, 5.74) is -1.63. The summed E-state index contributed by atoms with van der Waals surface area (Å²) >= 11 is 0.996. The molecule has 4 N–H and O–H groups in total. The summed E-state index contributed by atoms with van der Waals surface area (Å²) in [4.78, 5) is 79.4. The van der Waals surface area contributed by atoms with Crippen LogP contribution in [-0.4, -0.2) is 74.9 Å². The Morgan fingerprint density at radius 2 is 1.43 bits per heavy atom. The molecule has 1 fully saturated rings. The molecule has 0 unspecified atom stereocenters. The van der Waals surface area contributed by atoms with Crippen molar-refractivity contribution >= 4 is 57.8 Å². The van der Waals surface area contributed by atoms with Crippen molar-refractivity contribution in [3.05, 3.63) is 95.1 Å². The Hall–Kier alpha value is -6.56. The largest absolute Gasteiger partial charge is 0.485 e. The molecule has 2 aromatic heterocycles. The SMILES string of the molecule is CC(C)(C)OC(=O)Nc1nc(/C(=N/OC(C)(C)C(=O)OC(C)(C)C)C(=O)C[C@@H]2C(=O)N[C@@H]2CNC(=O)Nc2cc(OCc3ccccc3)c(OCc3ccccc3)cn2)cs1. The number of oxime groups is 1. The summed E-state index contributed by atoms with van der Waals surface area (Å²) in [6.07, 6.45) is 0.349. The number of pyridine rings is 1. The maximum Gasteiger partial charge on any atom is 0.413 e. The van der Waals surface area contributed by atoms with E-state index in [1.807, 2.05) is 60.7 Å². The molecule has 0 radical (unpaired) electrons. The average Bonchev–Trinajstić information content (AvgIpc) is 3.64. The topological polar surface area (TPSA) is 218 Å². The highest BCUT2D eigenvalue weighted by Gasteiger charge is 2.42. The van der Waals surface area contributed by atoms with E-state index in [0.29, 0.717) is 11.5 Å². The van der Waals surface area contributed by atoms with Crippen molar-refractivity contribution in [3.8, 4) is 11.5 Å². The number of ether oxygens (including phenoxy) is 4. The molecule has 0 saturated carbocycles. The van der Waals surface area contributed by atoms with E-state index in [-0.39, 0.29) is 48.5 Å². The van der Waals surface area contributed by atoms with Gasteiger partial charge in [-0.1, -0.05) is 65.8 Å². The third kappa shape index (κ3) is 14.0. The van der Waals surface area contributed by atoms with Crippen LogP contribution in [0.5, 0.6) is 11.5 Å². The fraction of sp³-hybridized carbons (Fsp3) is 0.395. The summed E-state index contributed by atoms with van der Waals surface area (Å²) in [6.45, 7) is 13.5. The monoisotopic (exact) mass is 857 g/mol. The van der Waals surface area contributed by atoms with Crippen LogP contribution in [0, 0.1) is 5.92 Å². The molecular formula is C43H51N7O10S. The lowest BCUT2D eigenvalue weighted by Gasteiger charge is -2.36. The van der Waals surface area contributed by atoms with Gasteiger partial charge < -0.3 is 34.4 Å². The number of carbonyl (C=O) groups is 5. The highest BCUT2D eigenvalue weighted by molar-refractivity contribution is 7.14. The second-order valence-electron chi connectivity index (χ2n) is 16.5. The number of β-lactam (4-membered cyclic amide) rings is 1. The smallest absolute Gasteiger partial charge is 0.413 e. The van der Waals surface area contributed by atoms with Gasteiger partial charge in [0.1, 0.15) is 35.9 Å². The Kier molecular flexibility index (Phi) is 14.7. The van der Waals surface area contributed by atoms with Gasteiger partial charge >= 0.3 is 18.1 Å². The number of amides is 4. The summed E-state index contributed by atoms with van der Waals surface area (Å²) in [5, 5.41) is 16.2. The molecule has 3 heterocycles. The highest BCUT2D eigenvalue weighted by Crippen LogP contribution is 2.31. The van der Waals surface area contributed by atoms with Gasteiger partial charge in [0.25, 0.3) is 0 Å². The molecule has 17 nitrogen and oxygen atoms in total. The molecule has 0 aliphatic carbocycles. The van der Waals surface area contributed by atoms with E-state index >= 15 is 0 Å². The third-order valence-corrected chi connectivity index (χ3v) is 9.22. The number of nitrogens with zero attached hydrogens (tertiary/aromatic N) is 3. The molecule has 324 valence electrons. The molecule has 1 saturated heterocycles. The van der Waals surface area contributed by atoms with E-state index in [9.17, 15) is 24.0 Å². The van der Waals surface area contributed by atoms with Gasteiger partial charge in [-0.2, -0.15) is 0 Å². The number of benzene rings is 2. The number of anilines is 2. The lowest BCUT2D eigenvalue weighted by Crippen LogP contribution is -2.63. The molecule has 0 bridgehead atoms. The number of esters is 1. The first kappa shape index (κ1) is 45.5. The van der Waals surface area contributed by atoms with Gasteiger partial charge in [0.15, 0.2) is 28.1 Å². The van der Waals surface area contributed by atoms with Crippen molar-refractivity contribution in [1.29, 1.82) is 0 Å². The van der Waals surface area contributed by atoms with E-state index in [2.05, 4.69) is 36.4 Å². The van der Waals surface area contributed by atoms with Crippen LogP contribution in [0.15, 0.2) is 83.5 Å². The first-order valence-corrected chi connectivity index (χ1v) is 20.3. The van der Waals surface area contributed by atoms with Gasteiger partial charge in [0, 0.05) is 24.4 Å². The van der Waals surface area contributed by atoms with Gasteiger partial charge in [0.05, 0.1) is 18.2 Å². The minimum atomic E-state index is -1.63. The number of urea groups is 1. The molecule has 5 rings (SSSR count). The van der Waals surface area contributed by atoms with Crippen molar-refractivity contribution < 1.29 is 47.8 Å². The number of rotatable bonds is 17. The van der Waals surface area contributed by atoms with E-state index in [1.54, 1.807) is 47.6 Å². The Morgan fingerprint density at radius 3 is 2.02 bits per heavy atom. The van der Waals surface area contributed by atoms with Crippen molar-refractivity contribution in [2.24, 2.45) is 11.1 Å². The lowest BCUT2D eigenvalue weighted by molar-refractivity contribution is -0.179. The van der Waals surface area contributed by atoms with Gasteiger partial charge in [-0.25, -0.2) is 24.4 Å². The van der Waals surface area contributed by atoms with Crippen molar-refractivity contribution in [2.45, 2.75) is 97.9 Å². The number of ketones is 1. The first-order chi connectivity index (χ1) is 28.7. The number of thiazole rings is 1. The zero-order valence-electron chi connectivity index (χ0n) is 35.3. The zero-order valence-corrected chi connectivity index (χ0v) is 36.1. The highest BCUT2D eigenvalue weighted by atomic mass is 32.1. The van der Waals surface area contributed by atoms with Crippen LogP contribution in [0.3, 0.4) is 0 Å². The standard InChI is InChI=1S/C43H51N7O10S/c1-41(2,3)58-37(53)43(7,8)60-50-35(30-25-61-39(47-30)49-40(55)59-42(4,5)6)31(51)19-28-29(46-36(28)52)21-45-38(54)48-34-20-32(56-23-26-15-11-9-12-16-26)33(22-44-34)57-24-27-17-13-10-14-18-27/h9-18,20,22,25,28-29H,19,21,23-24H2,1-8H3,(H,46,52)(H,47,49,55)(H2,44,45,48,54)/b50-35-/t28-,29+/m0/s1. The van der Waals surface area contributed by atoms with Crippen LogP contribution >= 0.6 is 11.3 Å². The summed E-state index contributed by atoms with van der Waals surface area (Å²) in [6, 6.07) is 19.5. The number of hydrogen-bond acceptors (Lipinski definition) is 14. The zero-order chi connectivity index (χ0) is 44.4. The third-order valence-electron chi connectivity index (χ3n) is 8.46. The molecule has 4 amide bonds. The second-order valence-corrected chi connectivity index (χ2v) is 17.3. The Labute approximate surface area is 357 Å². The van der Waals surface area contributed by atoms with Crippen LogP contribution in [0.25, 0.3) is 0 Å². The first-order valence-electron chi connectivity index (χ1n) is 19.4. The quantitative estimate of drug-likeness (QED) is 0.0374. The summed E-state index contributed by atoms with van der Waals surface area (Å²) in [7, 11) is 0. The van der Waals surface area contributed by atoms with Gasteiger partial charge in [-0.15, -0.1) is 11.3 Å². The normalized spacial score (nSPS) is 15.3. The second kappa shape index (κ2) is 19.7. The molecule has 18 heteroatoms. The van der Waals surface area contributed by atoms with Crippen LogP contribution in [0.2, 0.25) is 0 Å². The molecule has 2 aromatic carbocycles. The predicted molar refractivity (Wildman–Crippen MR) is 227 cm³/mol. The van der Waals surface area contributed by atoms with E-state index < -0.39 is 58.5 Å². The molecule has 0 spiro atoms. The maximum atomic E-state index is 13.9. The Bertz CT molecular complexity index is 2220. The fourth-order valence-corrected chi connectivity index (χ4v) is 6.10. The Balaban J connectivity index is 1.25. The average molecular weight is 858 g/mol. The van der Waals surface area contributed by atoms with E-state index in [0.717, 1.165) is 22.5 Å². The Morgan fingerprint density at radius 1 is 0.820 bits per heavy atom. The van der Waals surface area contributed by atoms with Crippen LogP contribution in [-0.2, 0) is 41.9 Å². The van der Waals surface area contributed by atoms with Gasteiger partial charge in [0.2, 0.25) is 11.5 Å². The van der Waals surface area contributed by atoms with Crippen LogP contribution in [0.1, 0.15) is 78.6 Å². The van der Waals surface area contributed by atoms with E-state index in [1.165, 1.54) is 25.4 Å². The molecule has 4 aromatic rings. The molecular weight excluding hydrogens is 807 g/mol. The number of Topliss-reactive ketones (excluding diaryl/α,β-unsaturated/α-hetero) is 1. The lowest BCUT2D eigenvalue weighted by atomic mass is 9.85. The summed E-state index contributed by atoms with van der Waals surface area (Å²) < 4.78 is 22.9. The van der Waals surface area contributed by atoms with E-state index in [4.69, 9.17) is 23.8 Å². The van der Waals surface area contributed by atoms with Gasteiger partial charge in [-0.3, -0.25) is 20.2 Å². The number of carbonyl (C=O) groups excluding carboxylic acids is 5. The van der Waals surface area contributed by atoms with Crippen LogP contribution in [0.4, 0.5) is 20.5 Å².